The third-order valence-electron chi connectivity index (χ3n) is 3.60. The van der Waals surface area contributed by atoms with Crippen molar-refractivity contribution in [3.05, 3.63) is 35.9 Å². The van der Waals surface area contributed by atoms with E-state index in [9.17, 15) is 18.3 Å². The summed E-state index contributed by atoms with van der Waals surface area (Å²) in [6.45, 7) is 0. The zero-order chi connectivity index (χ0) is 16.7. The van der Waals surface area contributed by atoms with Crippen molar-refractivity contribution in [2.45, 2.75) is 12.3 Å². The van der Waals surface area contributed by atoms with Crippen molar-refractivity contribution in [2.75, 3.05) is 38.0 Å². The Morgan fingerprint density at radius 1 is 0.909 bits per heavy atom. The van der Waals surface area contributed by atoms with Crippen molar-refractivity contribution in [2.24, 2.45) is 0 Å². The van der Waals surface area contributed by atoms with Crippen molar-refractivity contribution < 1.29 is 18.3 Å². The number of nitrogens with zero attached hydrogens (tertiary/aromatic N) is 2. The van der Waals surface area contributed by atoms with Gasteiger partial charge >= 0.3 is 6.18 Å². The minimum atomic E-state index is -4.69. The van der Waals surface area contributed by atoms with Gasteiger partial charge in [-0.1, -0.05) is 18.2 Å². The predicted octanol–water partition coefficient (Wildman–Crippen LogP) is 3.57. The van der Waals surface area contributed by atoms with Gasteiger partial charge in [-0.05, 0) is 23.1 Å². The highest BCUT2D eigenvalue weighted by Crippen LogP contribution is 2.41. The highest BCUT2D eigenvalue weighted by atomic mass is 19.4. The summed E-state index contributed by atoms with van der Waals surface area (Å²) in [7, 11) is 7.34. The third kappa shape index (κ3) is 2.83. The molecule has 0 heterocycles. The van der Waals surface area contributed by atoms with Gasteiger partial charge in [-0.3, -0.25) is 0 Å². The fourth-order valence-corrected chi connectivity index (χ4v) is 2.55. The van der Waals surface area contributed by atoms with Gasteiger partial charge in [0.05, 0.1) is 0 Å². The van der Waals surface area contributed by atoms with Crippen molar-refractivity contribution in [1.29, 1.82) is 0 Å². The van der Waals surface area contributed by atoms with Crippen LogP contribution in [0.3, 0.4) is 0 Å². The summed E-state index contributed by atoms with van der Waals surface area (Å²) < 4.78 is 38.7. The number of rotatable bonds is 3. The van der Waals surface area contributed by atoms with Gasteiger partial charge in [-0.25, -0.2) is 0 Å². The first-order valence-electron chi connectivity index (χ1n) is 6.79. The second-order valence-electron chi connectivity index (χ2n) is 5.61. The lowest BCUT2D eigenvalue weighted by Gasteiger charge is -2.24. The quantitative estimate of drug-likeness (QED) is 0.938. The summed E-state index contributed by atoms with van der Waals surface area (Å²) >= 11 is 0. The molecule has 0 saturated heterocycles. The maximum atomic E-state index is 12.9. The van der Waals surface area contributed by atoms with Crippen LogP contribution in [0.4, 0.5) is 24.5 Å². The van der Waals surface area contributed by atoms with Gasteiger partial charge in [-0.2, -0.15) is 13.2 Å². The molecule has 0 bridgehead atoms. The summed E-state index contributed by atoms with van der Waals surface area (Å²) in [4.78, 5) is 3.69. The largest absolute Gasteiger partial charge is 0.418 e. The summed E-state index contributed by atoms with van der Waals surface area (Å²) in [5, 5.41) is 10.8. The topological polar surface area (TPSA) is 26.7 Å². The molecule has 1 N–H and O–H groups in total. The molecule has 0 aliphatic heterocycles. The normalized spacial score (nSPS) is 13.3. The highest BCUT2D eigenvalue weighted by Gasteiger charge is 2.40. The Bertz CT molecular complexity index is 667. The van der Waals surface area contributed by atoms with Crippen LogP contribution in [-0.4, -0.2) is 39.5 Å². The van der Waals surface area contributed by atoms with E-state index in [0.717, 1.165) is 11.4 Å². The smallest absolute Gasteiger partial charge is 0.379 e. The number of halogens is 3. The van der Waals surface area contributed by atoms with E-state index in [1.165, 1.54) is 6.07 Å². The molecule has 0 unspecified atom stereocenters. The van der Waals surface area contributed by atoms with E-state index < -0.39 is 12.3 Å². The first-order valence-corrected chi connectivity index (χ1v) is 6.79. The lowest BCUT2D eigenvalue weighted by Crippen LogP contribution is -2.21. The third-order valence-corrected chi connectivity index (χ3v) is 3.60. The van der Waals surface area contributed by atoms with Crippen molar-refractivity contribution >= 4 is 22.1 Å². The molecule has 3 nitrogen and oxygen atoms in total. The highest BCUT2D eigenvalue weighted by molar-refractivity contribution is 6.05. The van der Waals surface area contributed by atoms with Crippen LogP contribution in [0.5, 0.6) is 0 Å². The number of aliphatic hydroxyl groups excluding tert-OH is 1. The van der Waals surface area contributed by atoms with Crippen LogP contribution in [0.2, 0.25) is 0 Å². The molecule has 1 atom stereocenters. The monoisotopic (exact) mass is 312 g/mol. The van der Waals surface area contributed by atoms with E-state index in [1.54, 1.807) is 18.2 Å². The van der Waals surface area contributed by atoms with Crippen LogP contribution in [0.15, 0.2) is 30.3 Å². The molecule has 0 aliphatic carbocycles. The fourth-order valence-electron chi connectivity index (χ4n) is 2.55. The van der Waals surface area contributed by atoms with Crippen molar-refractivity contribution in [3.63, 3.8) is 0 Å². The van der Waals surface area contributed by atoms with Crippen LogP contribution in [-0.2, 0) is 0 Å². The lowest BCUT2D eigenvalue weighted by atomic mass is 9.96. The number of alkyl halides is 3. The molecule has 0 spiro atoms. The second-order valence-corrected chi connectivity index (χ2v) is 5.61. The Balaban J connectivity index is 2.84. The van der Waals surface area contributed by atoms with Gasteiger partial charge in [-0.15, -0.1) is 0 Å². The van der Waals surface area contributed by atoms with Gasteiger partial charge in [0.2, 0.25) is 0 Å². The molecule has 22 heavy (non-hydrogen) atoms. The number of fused-ring (bicyclic) bond motifs is 1. The van der Waals surface area contributed by atoms with E-state index in [2.05, 4.69) is 0 Å². The predicted molar refractivity (Wildman–Crippen MR) is 83.6 cm³/mol. The van der Waals surface area contributed by atoms with Crippen molar-refractivity contribution in [1.82, 2.24) is 0 Å². The standard InChI is InChI=1S/C16H19F3N2O/c1-20(2)12-7-5-6-10-11(15(22)16(17,18)19)8-9-13(14(10)12)21(3)4/h5-9,15,22H,1-4H3/t15-/m1/s1. The molecule has 0 aliphatic rings. The van der Waals surface area contributed by atoms with Crippen LogP contribution in [0.1, 0.15) is 11.7 Å². The Hall–Kier alpha value is -1.95. The fraction of sp³-hybridized carbons (Fsp3) is 0.375. The minimum Gasteiger partial charge on any atom is -0.379 e. The molecule has 0 amide bonds. The number of hydrogen-bond acceptors (Lipinski definition) is 3. The summed E-state index contributed by atoms with van der Waals surface area (Å²) in [6.07, 6.45) is -7.19. The number of anilines is 2. The summed E-state index contributed by atoms with van der Waals surface area (Å²) in [5.74, 6) is 0. The molecule has 120 valence electrons. The van der Waals surface area contributed by atoms with Crippen LogP contribution in [0.25, 0.3) is 10.8 Å². The molecule has 0 saturated carbocycles. The van der Waals surface area contributed by atoms with Gasteiger partial charge in [0.1, 0.15) is 0 Å². The Kier molecular flexibility index (Phi) is 4.24. The molecule has 6 heteroatoms. The second kappa shape index (κ2) is 5.68. The average Bonchev–Trinajstić information content (AvgIpc) is 2.43. The molecular weight excluding hydrogens is 293 g/mol. The molecule has 2 rings (SSSR count). The maximum absolute atomic E-state index is 12.9. The zero-order valence-electron chi connectivity index (χ0n) is 12.9. The summed E-state index contributed by atoms with van der Waals surface area (Å²) in [6, 6.07) is 8.11. The zero-order valence-corrected chi connectivity index (χ0v) is 12.9. The molecule has 0 radical (unpaired) electrons. The first-order chi connectivity index (χ1) is 10.1. The van der Waals surface area contributed by atoms with Crippen molar-refractivity contribution in [3.8, 4) is 0 Å². The van der Waals surface area contributed by atoms with Gasteiger partial charge in [0, 0.05) is 45.0 Å². The molecule has 0 aromatic heterocycles. The molecular formula is C16H19F3N2O. The van der Waals surface area contributed by atoms with E-state index in [4.69, 9.17) is 0 Å². The maximum Gasteiger partial charge on any atom is 0.418 e. The van der Waals surface area contributed by atoms with Gasteiger partial charge in [0.25, 0.3) is 0 Å². The molecule has 2 aromatic carbocycles. The summed E-state index contributed by atoms with van der Waals surface area (Å²) in [5.41, 5.74) is 1.48. The van der Waals surface area contributed by atoms with Crippen LogP contribution < -0.4 is 9.80 Å². The Labute approximate surface area is 127 Å². The lowest BCUT2D eigenvalue weighted by molar-refractivity contribution is -0.206. The number of hydrogen-bond donors (Lipinski definition) is 1. The van der Waals surface area contributed by atoms with E-state index in [-0.39, 0.29) is 5.56 Å². The van der Waals surface area contributed by atoms with Gasteiger partial charge < -0.3 is 14.9 Å². The molecule has 0 fully saturated rings. The SMILES string of the molecule is CN(C)c1cccc2c([C@@H](O)C(F)(F)F)ccc(N(C)C)c12. The van der Waals surface area contributed by atoms with Crippen LogP contribution >= 0.6 is 0 Å². The average molecular weight is 312 g/mol. The Morgan fingerprint density at radius 3 is 1.95 bits per heavy atom. The van der Waals surface area contributed by atoms with E-state index >= 15 is 0 Å². The van der Waals surface area contributed by atoms with E-state index in [0.29, 0.717) is 10.8 Å². The molecule has 2 aromatic rings. The minimum absolute atomic E-state index is 0.128. The first kappa shape index (κ1) is 16.4. The Morgan fingerprint density at radius 2 is 1.45 bits per heavy atom. The number of benzene rings is 2. The van der Waals surface area contributed by atoms with Crippen LogP contribution in [0, 0.1) is 0 Å². The van der Waals surface area contributed by atoms with Gasteiger partial charge in [0.15, 0.2) is 6.10 Å². The number of aliphatic hydroxyl groups is 1. The van der Waals surface area contributed by atoms with E-state index in [1.807, 2.05) is 44.1 Å².